The fraction of sp³-hybridized carbons (Fsp3) is 0.400. The van der Waals surface area contributed by atoms with Crippen LogP contribution >= 0.6 is 0 Å². The highest BCUT2D eigenvalue weighted by molar-refractivity contribution is 7.91. The summed E-state index contributed by atoms with van der Waals surface area (Å²) in [5, 5.41) is 0. The van der Waals surface area contributed by atoms with Gasteiger partial charge in [-0.15, -0.1) is 0 Å². The molecule has 7 nitrogen and oxygen atoms in total. The number of benzene rings is 1. The van der Waals surface area contributed by atoms with Crippen LogP contribution < -0.4 is 4.74 Å². The van der Waals surface area contributed by atoms with Gasteiger partial charge in [-0.05, 0) is 31.4 Å². The molecule has 0 radical (unpaired) electrons. The van der Waals surface area contributed by atoms with Gasteiger partial charge in [0.1, 0.15) is 21.4 Å². The second-order valence-corrected chi connectivity index (χ2v) is 9.38. The maximum Gasteiger partial charge on any atom is 0.150 e. The van der Waals surface area contributed by atoms with E-state index in [2.05, 4.69) is 14.5 Å². The van der Waals surface area contributed by atoms with Crippen molar-refractivity contribution in [3.63, 3.8) is 0 Å². The summed E-state index contributed by atoms with van der Waals surface area (Å²) in [4.78, 5) is 8.55. The molecule has 148 valence electrons. The maximum absolute atomic E-state index is 11.7. The van der Waals surface area contributed by atoms with Gasteiger partial charge in [-0.25, -0.2) is 18.4 Å². The normalized spacial score (nSPS) is 16.9. The van der Waals surface area contributed by atoms with E-state index in [1.54, 1.807) is 18.7 Å². The van der Waals surface area contributed by atoms with Crippen LogP contribution in [0.3, 0.4) is 0 Å². The molecule has 1 aliphatic heterocycles. The quantitative estimate of drug-likeness (QED) is 0.570. The molecule has 0 N–H and O–H groups in total. The molecule has 1 aromatic carbocycles. The summed E-state index contributed by atoms with van der Waals surface area (Å²) in [5.41, 5.74) is 0.977. The van der Waals surface area contributed by atoms with Gasteiger partial charge in [0, 0.05) is 42.9 Å². The largest absolute Gasteiger partial charge is 0.494 e. The average molecular weight is 401 g/mol. The van der Waals surface area contributed by atoms with Gasteiger partial charge in [-0.1, -0.05) is 12.1 Å². The highest BCUT2D eigenvalue weighted by atomic mass is 32.2. The molecule has 0 aliphatic carbocycles. The second kappa shape index (κ2) is 8.18. The van der Waals surface area contributed by atoms with E-state index in [1.807, 2.05) is 41.2 Å². The van der Waals surface area contributed by atoms with Gasteiger partial charge in [-0.3, -0.25) is 0 Å². The molecule has 1 aliphatic rings. The molecule has 0 atom stereocenters. The van der Waals surface area contributed by atoms with Crippen LogP contribution in [0, 0.1) is 0 Å². The van der Waals surface area contributed by atoms with Crippen LogP contribution in [0.5, 0.6) is 5.75 Å². The summed E-state index contributed by atoms with van der Waals surface area (Å²) in [7, 11) is -2.88. The predicted octanol–water partition coefficient (Wildman–Crippen LogP) is 2.97. The number of nitrogens with zero attached hydrogens (tertiary/aromatic N) is 4. The first-order chi connectivity index (χ1) is 13.6. The first-order valence-corrected chi connectivity index (χ1v) is 11.4. The minimum Gasteiger partial charge on any atom is -0.494 e. The Morgan fingerprint density at radius 3 is 2.79 bits per heavy atom. The summed E-state index contributed by atoms with van der Waals surface area (Å²) >= 11 is 0. The van der Waals surface area contributed by atoms with Gasteiger partial charge < -0.3 is 13.9 Å². The average Bonchev–Trinajstić information content (AvgIpc) is 3.37. The number of hydrogen-bond donors (Lipinski definition) is 0. The molecule has 8 heteroatoms. The summed E-state index contributed by atoms with van der Waals surface area (Å²) in [6.45, 7) is 1.49. The fourth-order valence-electron chi connectivity index (χ4n) is 3.57. The van der Waals surface area contributed by atoms with Crippen molar-refractivity contribution in [2.45, 2.75) is 31.8 Å². The first kappa shape index (κ1) is 18.7. The van der Waals surface area contributed by atoms with E-state index >= 15 is 0 Å². The van der Waals surface area contributed by atoms with Crippen LogP contribution in [0.15, 0.2) is 55.4 Å². The molecule has 0 saturated carbocycles. The Morgan fingerprint density at radius 2 is 2.00 bits per heavy atom. The van der Waals surface area contributed by atoms with Crippen molar-refractivity contribution in [3.8, 4) is 17.1 Å². The fourth-order valence-corrected chi connectivity index (χ4v) is 5.03. The zero-order chi connectivity index (χ0) is 19.4. The minimum absolute atomic E-state index is 0.167. The first-order valence-electron chi connectivity index (χ1n) is 9.53. The number of hydrogen-bond acceptors (Lipinski definition) is 5. The molecule has 0 spiro atoms. The number of imidazole rings is 2. The van der Waals surface area contributed by atoms with Crippen LogP contribution in [0.2, 0.25) is 0 Å². The van der Waals surface area contributed by atoms with Gasteiger partial charge in [0.25, 0.3) is 0 Å². The third kappa shape index (κ3) is 4.44. The minimum atomic E-state index is -2.88. The highest BCUT2D eigenvalue weighted by Gasteiger charge is 2.26. The van der Waals surface area contributed by atoms with Crippen LogP contribution in [0.1, 0.15) is 25.3 Å². The molecule has 0 bridgehead atoms. The van der Waals surface area contributed by atoms with E-state index in [-0.39, 0.29) is 17.5 Å². The molecular weight excluding hydrogens is 376 g/mol. The third-order valence-electron chi connectivity index (χ3n) is 5.07. The summed E-state index contributed by atoms with van der Waals surface area (Å²) in [6, 6.07) is 8.08. The van der Waals surface area contributed by atoms with Crippen LogP contribution in [0.4, 0.5) is 0 Å². The summed E-state index contributed by atoms with van der Waals surface area (Å²) in [5.74, 6) is 2.15. The van der Waals surface area contributed by atoms with Gasteiger partial charge in [0.2, 0.25) is 0 Å². The van der Waals surface area contributed by atoms with Crippen molar-refractivity contribution in [1.29, 1.82) is 0 Å². The third-order valence-corrected chi connectivity index (χ3v) is 6.78. The van der Waals surface area contributed by atoms with E-state index < -0.39 is 9.84 Å². The topological polar surface area (TPSA) is 79.0 Å². The lowest BCUT2D eigenvalue weighted by Crippen LogP contribution is -2.25. The molecule has 3 heterocycles. The Bertz CT molecular complexity index is 998. The molecule has 0 amide bonds. The zero-order valence-electron chi connectivity index (χ0n) is 15.6. The van der Waals surface area contributed by atoms with Gasteiger partial charge in [0.05, 0.1) is 24.4 Å². The van der Waals surface area contributed by atoms with E-state index in [4.69, 9.17) is 4.74 Å². The number of sulfone groups is 1. The SMILES string of the molecule is O=S1(=O)CCC(n2ccnc2-c2cccc(OCCCn3ccnc3)c2)CC1. The van der Waals surface area contributed by atoms with Crippen molar-refractivity contribution in [2.24, 2.45) is 0 Å². The van der Waals surface area contributed by atoms with E-state index in [9.17, 15) is 8.42 Å². The second-order valence-electron chi connectivity index (χ2n) is 7.07. The van der Waals surface area contributed by atoms with Crippen molar-refractivity contribution in [2.75, 3.05) is 18.1 Å². The molecule has 3 aromatic rings. The lowest BCUT2D eigenvalue weighted by atomic mass is 10.1. The molecule has 1 saturated heterocycles. The van der Waals surface area contributed by atoms with Crippen LogP contribution in [0.25, 0.3) is 11.4 Å². The Labute approximate surface area is 164 Å². The van der Waals surface area contributed by atoms with E-state index in [0.29, 0.717) is 19.4 Å². The lowest BCUT2D eigenvalue weighted by Gasteiger charge is -2.25. The molecule has 1 fully saturated rings. The van der Waals surface area contributed by atoms with Gasteiger partial charge in [-0.2, -0.15) is 0 Å². The van der Waals surface area contributed by atoms with Gasteiger partial charge >= 0.3 is 0 Å². The molecule has 2 aromatic heterocycles. The van der Waals surface area contributed by atoms with Crippen LogP contribution in [-0.2, 0) is 16.4 Å². The monoisotopic (exact) mass is 400 g/mol. The standard InChI is InChI=1S/C20H24N4O3S/c25-28(26)13-5-18(6-14-28)24-11-8-22-20(24)17-3-1-4-19(15-17)27-12-2-9-23-10-7-21-16-23/h1,3-4,7-8,10-11,15-16,18H,2,5-6,9,12-14H2. The smallest absolute Gasteiger partial charge is 0.150 e. The van der Waals surface area contributed by atoms with Crippen molar-refractivity contribution >= 4 is 9.84 Å². The number of ether oxygens (including phenoxy) is 1. The Kier molecular flexibility index (Phi) is 5.47. The van der Waals surface area contributed by atoms with Crippen molar-refractivity contribution < 1.29 is 13.2 Å². The Balaban J connectivity index is 1.41. The Morgan fingerprint density at radius 1 is 1.14 bits per heavy atom. The van der Waals surface area contributed by atoms with E-state index in [1.165, 1.54) is 0 Å². The summed E-state index contributed by atoms with van der Waals surface area (Å²) < 4.78 is 33.5. The molecular formula is C20H24N4O3S. The number of rotatable bonds is 7. The predicted molar refractivity (Wildman–Crippen MR) is 107 cm³/mol. The highest BCUT2D eigenvalue weighted by Crippen LogP contribution is 2.30. The molecule has 0 unspecified atom stereocenters. The maximum atomic E-state index is 11.7. The van der Waals surface area contributed by atoms with Crippen molar-refractivity contribution in [3.05, 3.63) is 55.4 Å². The Hall–Kier alpha value is -2.61. The molecule has 28 heavy (non-hydrogen) atoms. The number of aryl methyl sites for hydroxylation is 1. The van der Waals surface area contributed by atoms with Crippen LogP contribution in [-0.4, -0.2) is 45.6 Å². The lowest BCUT2D eigenvalue weighted by molar-refractivity contribution is 0.302. The van der Waals surface area contributed by atoms with E-state index in [0.717, 1.165) is 30.1 Å². The zero-order valence-corrected chi connectivity index (χ0v) is 16.5. The van der Waals surface area contributed by atoms with Crippen molar-refractivity contribution in [1.82, 2.24) is 19.1 Å². The molecule has 4 rings (SSSR count). The number of aromatic nitrogens is 4. The summed E-state index contributed by atoms with van der Waals surface area (Å²) in [6.07, 6.45) is 11.4. The van der Waals surface area contributed by atoms with Gasteiger partial charge in [0.15, 0.2) is 0 Å².